The third kappa shape index (κ3) is 2.12. The van der Waals surface area contributed by atoms with Crippen molar-refractivity contribution >= 4 is 12.4 Å². The second-order valence-corrected chi connectivity index (χ2v) is 5.39. The SMILES string of the molecule is CCCN1CCC2c3c(O)cccc3CCC21.Cl. The van der Waals surface area contributed by atoms with Gasteiger partial charge in [-0.15, -0.1) is 12.4 Å². The summed E-state index contributed by atoms with van der Waals surface area (Å²) in [5.74, 6) is 1.10. The van der Waals surface area contributed by atoms with Crippen molar-refractivity contribution < 1.29 is 5.11 Å². The summed E-state index contributed by atoms with van der Waals surface area (Å²) in [6.45, 7) is 4.67. The zero-order chi connectivity index (χ0) is 11.8. The molecule has 0 radical (unpaired) electrons. The normalized spacial score (nSPS) is 26.3. The van der Waals surface area contributed by atoms with Gasteiger partial charge in [0, 0.05) is 17.5 Å². The summed E-state index contributed by atoms with van der Waals surface area (Å²) in [5.41, 5.74) is 2.63. The molecule has 3 heteroatoms. The van der Waals surface area contributed by atoms with Crippen LogP contribution in [-0.4, -0.2) is 29.1 Å². The monoisotopic (exact) mass is 267 g/mol. The fourth-order valence-electron chi connectivity index (χ4n) is 3.75. The molecule has 0 spiro atoms. The average Bonchev–Trinajstić information content (AvgIpc) is 2.73. The van der Waals surface area contributed by atoms with E-state index < -0.39 is 0 Å². The number of phenols is 1. The molecule has 0 saturated carbocycles. The first-order valence-electron chi connectivity index (χ1n) is 6.86. The smallest absolute Gasteiger partial charge is 0.119 e. The van der Waals surface area contributed by atoms with Crippen LogP contribution in [0.25, 0.3) is 0 Å². The molecule has 2 unspecified atom stereocenters. The van der Waals surface area contributed by atoms with E-state index in [0.717, 1.165) is 6.42 Å². The molecule has 1 aromatic carbocycles. The van der Waals surface area contributed by atoms with E-state index in [4.69, 9.17) is 0 Å². The summed E-state index contributed by atoms with van der Waals surface area (Å²) in [7, 11) is 0. The molecule has 18 heavy (non-hydrogen) atoms. The first-order valence-corrected chi connectivity index (χ1v) is 6.86. The Hall–Kier alpha value is -0.730. The molecule has 1 fully saturated rings. The molecule has 3 rings (SSSR count). The molecule has 1 aromatic rings. The van der Waals surface area contributed by atoms with E-state index in [9.17, 15) is 5.11 Å². The Morgan fingerprint density at radius 1 is 1.33 bits per heavy atom. The maximum atomic E-state index is 10.1. The first kappa shape index (κ1) is 13.7. The van der Waals surface area contributed by atoms with Crippen molar-refractivity contribution in [3.63, 3.8) is 0 Å². The zero-order valence-electron chi connectivity index (χ0n) is 10.9. The topological polar surface area (TPSA) is 23.5 Å². The third-order valence-electron chi connectivity index (χ3n) is 4.43. The fraction of sp³-hybridized carbons (Fsp3) is 0.600. The summed E-state index contributed by atoms with van der Waals surface area (Å²) < 4.78 is 0. The van der Waals surface area contributed by atoms with Crippen LogP contribution in [0.4, 0.5) is 0 Å². The number of halogens is 1. The lowest BCUT2D eigenvalue weighted by Crippen LogP contribution is -2.35. The Morgan fingerprint density at radius 2 is 2.17 bits per heavy atom. The minimum Gasteiger partial charge on any atom is -0.508 e. The van der Waals surface area contributed by atoms with Crippen LogP contribution in [-0.2, 0) is 6.42 Å². The molecule has 1 heterocycles. The van der Waals surface area contributed by atoms with Crippen molar-refractivity contribution in [2.24, 2.45) is 0 Å². The summed E-state index contributed by atoms with van der Waals surface area (Å²) >= 11 is 0. The predicted molar refractivity (Wildman–Crippen MR) is 76.7 cm³/mol. The van der Waals surface area contributed by atoms with E-state index in [0.29, 0.717) is 17.7 Å². The molecule has 1 saturated heterocycles. The minimum absolute atomic E-state index is 0. The van der Waals surface area contributed by atoms with Gasteiger partial charge in [0.1, 0.15) is 5.75 Å². The van der Waals surface area contributed by atoms with Gasteiger partial charge in [0.25, 0.3) is 0 Å². The van der Waals surface area contributed by atoms with Crippen LogP contribution >= 0.6 is 12.4 Å². The van der Waals surface area contributed by atoms with Crippen molar-refractivity contribution in [2.75, 3.05) is 13.1 Å². The van der Waals surface area contributed by atoms with Gasteiger partial charge in [-0.25, -0.2) is 0 Å². The Bertz CT molecular complexity index is 421. The summed E-state index contributed by atoms with van der Waals surface area (Å²) in [4.78, 5) is 2.63. The number of hydrogen-bond donors (Lipinski definition) is 1. The van der Waals surface area contributed by atoms with Gasteiger partial charge < -0.3 is 5.11 Å². The summed E-state index contributed by atoms with van der Waals surface area (Å²) in [5, 5.41) is 10.1. The Morgan fingerprint density at radius 3 is 2.94 bits per heavy atom. The summed E-state index contributed by atoms with van der Waals surface area (Å²) in [6.07, 6.45) is 4.85. The average molecular weight is 268 g/mol. The molecule has 2 aliphatic rings. The van der Waals surface area contributed by atoms with Crippen LogP contribution in [0.3, 0.4) is 0 Å². The number of hydrogen-bond acceptors (Lipinski definition) is 2. The Balaban J connectivity index is 0.00000120. The molecule has 2 atom stereocenters. The number of phenolic OH excluding ortho intramolecular Hbond substituents is 1. The van der Waals surface area contributed by atoms with E-state index in [1.165, 1.54) is 43.5 Å². The van der Waals surface area contributed by atoms with E-state index >= 15 is 0 Å². The van der Waals surface area contributed by atoms with E-state index in [2.05, 4.69) is 17.9 Å². The number of aromatic hydroxyl groups is 1. The van der Waals surface area contributed by atoms with Gasteiger partial charge in [-0.1, -0.05) is 19.1 Å². The standard InChI is InChI=1S/C15H21NO.ClH/c1-2-9-16-10-8-12-13(16)7-6-11-4-3-5-14(17)15(11)12;/h3-5,12-13,17H,2,6-10H2,1H3;1H. The molecular formula is C15H22ClNO. The highest BCUT2D eigenvalue weighted by Crippen LogP contribution is 2.44. The molecule has 1 aliphatic carbocycles. The van der Waals surface area contributed by atoms with Crippen molar-refractivity contribution in [3.05, 3.63) is 29.3 Å². The third-order valence-corrected chi connectivity index (χ3v) is 4.43. The van der Waals surface area contributed by atoms with E-state index in [-0.39, 0.29) is 12.4 Å². The molecule has 100 valence electrons. The molecule has 1 aliphatic heterocycles. The van der Waals surface area contributed by atoms with Gasteiger partial charge in [0.2, 0.25) is 0 Å². The van der Waals surface area contributed by atoms with E-state index in [1.54, 1.807) is 0 Å². The minimum atomic E-state index is 0. The van der Waals surface area contributed by atoms with Gasteiger partial charge >= 0.3 is 0 Å². The zero-order valence-corrected chi connectivity index (χ0v) is 11.7. The van der Waals surface area contributed by atoms with Gasteiger partial charge in [-0.2, -0.15) is 0 Å². The van der Waals surface area contributed by atoms with Gasteiger partial charge in [0.05, 0.1) is 0 Å². The van der Waals surface area contributed by atoms with Gasteiger partial charge in [-0.3, -0.25) is 4.90 Å². The highest BCUT2D eigenvalue weighted by atomic mass is 35.5. The molecular weight excluding hydrogens is 246 g/mol. The summed E-state index contributed by atoms with van der Waals surface area (Å²) in [6, 6.07) is 6.70. The lowest BCUT2D eigenvalue weighted by atomic mass is 9.79. The number of likely N-dealkylation sites (tertiary alicyclic amines) is 1. The van der Waals surface area contributed by atoms with Crippen LogP contribution < -0.4 is 0 Å². The second kappa shape index (κ2) is 5.50. The van der Waals surface area contributed by atoms with Crippen molar-refractivity contribution in [1.82, 2.24) is 4.90 Å². The second-order valence-electron chi connectivity index (χ2n) is 5.39. The number of benzene rings is 1. The van der Waals surface area contributed by atoms with Crippen LogP contribution in [0, 0.1) is 0 Å². The predicted octanol–water partition coefficient (Wildman–Crippen LogP) is 3.33. The van der Waals surface area contributed by atoms with Gasteiger partial charge in [-0.05, 0) is 50.4 Å². The van der Waals surface area contributed by atoms with Crippen LogP contribution in [0.5, 0.6) is 5.75 Å². The van der Waals surface area contributed by atoms with Gasteiger partial charge in [0.15, 0.2) is 0 Å². The maximum Gasteiger partial charge on any atom is 0.119 e. The van der Waals surface area contributed by atoms with Crippen LogP contribution in [0.15, 0.2) is 18.2 Å². The van der Waals surface area contributed by atoms with Crippen molar-refractivity contribution in [2.45, 2.75) is 44.6 Å². The molecule has 1 N–H and O–H groups in total. The van der Waals surface area contributed by atoms with Crippen LogP contribution in [0.2, 0.25) is 0 Å². The van der Waals surface area contributed by atoms with Crippen molar-refractivity contribution in [1.29, 1.82) is 0 Å². The first-order chi connectivity index (χ1) is 8.31. The molecule has 0 aromatic heterocycles. The Labute approximate surface area is 115 Å². The highest BCUT2D eigenvalue weighted by Gasteiger charge is 2.39. The lowest BCUT2D eigenvalue weighted by Gasteiger charge is -2.33. The maximum absolute atomic E-state index is 10.1. The number of aryl methyl sites for hydroxylation is 1. The fourth-order valence-corrected chi connectivity index (χ4v) is 3.75. The number of nitrogens with zero attached hydrogens (tertiary/aromatic N) is 1. The number of rotatable bonds is 2. The highest BCUT2D eigenvalue weighted by molar-refractivity contribution is 5.85. The lowest BCUT2D eigenvalue weighted by molar-refractivity contribution is 0.226. The molecule has 0 amide bonds. The molecule has 0 bridgehead atoms. The Kier molecular flexibility index (Phi) is 4.18. The quantitative estimate of drug-likeness (QED) is 0.889. The van der Waals surface area contributed by atoms with E-state index in [1.807, 2.05) is 12.1 Å². The number of fused-ring (bicyclic) bond motifs is 3. The van der Waals surface area contributed by atoms with Crippen LogP contribution in [0.1, 0.15) is 43.2 Å². The largest absolute Gasteiger partial charge is 0.508 e. The molecule has 2 nitrogen and oxygen atoms in total. The van der Waals surface area contributed by atoms with Crippen molar-refractivity contribution in [3.8, 4) is 5.75 Å².